The SMILES string of the molecule is O=Nc1cc([N+](=O)O)cc(/N=N/c2ccc(O)c(/N=N/c3cccc4cc(S(=O)(=O)O)ccc34)c2O)c1O. The smallest absolute Gasteiger partial charge is 0.321 e. The minimum absolute atomic E-state index is 0.233. The molecule has 0 amide bonds. The lowest BCUT2D eigenvalue weighted by Gasteiger charge is -2.06. The van der Waals surface area contributed by atoms with Crippen LogP contribution in [0.1, 0.15) is 0 Å². The summed E-state index contributed by atoms with van der Waals surface area (Å²) in [4.78, 5) is 21.1. The van der Waals surface area contributed by atoms with Gasteiger partial charge in [-0.3, -0.25) is 4.55 Å². The van der Waals surface area contributed by atoms with E-state index >= 15 is 0 Å². The Morgan fingerprint density at radius 2 is 1.42 bits per heavy atom. The van der Waals surface area contributed by atoms with Crippen LogP contribution in [-0.2, 0) is 10.1 Å². The molecule has 16 heteroatoms. The highest BCUT2D eigenvalue weighted by molar-refractivity contribution is 7.85. The fourth-order valence-corrected chi connectivity index (χ4v) is 3.80. The van der Waals surface area contributed by atoms with Crippen LogP contribution in [0.4, 0.5) is 34.1 Å². The summed E-state index contributed by atoms with van der Waals surface area (Å²) in [6, 6.07) is 12.4. The number of benzene rings is 4. The van der Waals surface area contributed by atoms with E-state index in [2.05, 4.69) is 25.6 Å². The number of hydrogen-bond acceptors (Lipinski definition) is 12. The van der Waals surface area contributed by atoms with Gasteiger partial charge in [-0.1, -0.05) is 18.2 Å². The Balaban J connectivity index is 1.72. The van der Waals surface area contributed by atoms with Crippen molar-refractivity contribution >= 4 is 55.0 Å². The van der Waals surface area contributed by atoms with E-state index in [9.17, 15) is 38.1 Å². The largest absolute Gasteiger partial charge is 0.505 e. The topological polar surface area (TPSA) is 234 Å². The zero-order valence-electron chi connectivity index (χ0n) is 18.7. The molecule has 4 rings (SSSR count). The maximum Gasteiger partial charge on any atom is 0.321 e. The second-order valence-electron chi connectivity index (χ2n) is 7.53. The van der Waals surface area contributed by atoms with Gasteiger partial charge in [0.1, 0.15) is 17.1 Å². The summed E-state index contributed by atoms with van der Waals surface area (Å²) in [5.74, 6) is -1.91. The standard InChI is InChI=1S/C22H14N6O9S/c29-19-7-6-16(24-25-17-9-12(28(33)34)10-18(27-32)21(17)30)22(31)20(19)26-23-15-3-1-2-11-8-13(38(35,36)37)4-5-14(11)15/h1-10H,(H4-,23,24,25,26,27,29,30,31,32,33,34,35,36,37)/p+1. The lowest BCUT2D eigenvalue weighted by Crippen LogP contribution is -1.97. The molecule has 38 heavy (non-hydrogen) atoms. The molecule has 192 valence electrons. The monoisotopic (exact) mass is 539 g/mol. The van der Waals surface area contributed by atoms with Gasteiger partial charge in [-0.05, 0) is 40.9 Å². The molecule has 0 fully saturated rings. The van der Waals surface area contributed by atoms with E-state index in [0.29, 0.717) is 10.8 Å². The van der Waals surface area contributed by atoms with E-state index in [1.54, 1.807) is 12.1 Å². The average molecular weight is 539 g/mol. The van der Waals surface area contributed by atoms with E-state index < -0.39 is 55.0 Å². The normalized spacial score (nSPS) is 11.9. The summed E-state index contributed by atoms with van der Waals surface area (Å²) in [6.07, 6.45) is 0. The van der Waals surface area contributed by atoms with Crippen molar-refractivity contribution in [3.05, 3.63) is 70.5 Å². The van der Waals surface area contributed by atoms with Gasteiger partial charge in [0.2, 0.25) is 0 Å². The highest BCUT2D eigenvalue weighted by Gasteiger charge is 2.21. The van der Waals surface area contributed by atoms with Crippen LogP contribution in [-0.4, -0.2) is 38.4 Å². The molecular formula is C22H15N6O9S+. The lowest BCUT2D eigenvalue weighted by molar-refractivity contribution is -0.729. The molecule has 5 N–H and O–H groups in total. The van der Waals surface area contributed by atoms with Crippen LogP contribution in [0.15, 0.2) is 91.2 Å². The minimum Gasteiger partial charge on any atom is -0.505 e. The van der Waals surface area contributed by atoms with Crippen molar-refractivity contribution in [1.82, 2.24) is 0 Å². The molecule has 0 heterocycles. The number of fused-ring (bicyclic) bond motifs is 1. The highest BCUT2D eigenvalue weighted by Crippen LogP contribution is 2.46. The Hall–Kier alpha value is -5.35. The molecule has 4 aromatic rings. The molecule has 0 aliphatic heterocycles. The van der Waals surface area contributed by atoms with E-state index in [4.69, 9.17) is 5.21 Å². The number of rotatable bonds is 7. The fourth-order valence-electron chi connectivity index (χ4n) is 3.29. The third-order valence-corrected chi connectivity index (χ3v) is 5.98. The molecular weight excluding hydrogens is 524 g/mol. The number of phenolic OH excluding ortho intramolecular Hbond substituents is 3. The first-order valence-corrected chi connectivity index (χ1v) is 11.7. The molecule has 0 aliphatic rings. The maximum absolute atomic E-state index is 11.4. The third-order valence-electron chi connectivity index (χ3n) is 5.13. The zero-order valence-corrected chi connectivity index (χ0v) is 19.6. The summed E-state index contributed by atoms with van der Waals surface area (Å²) in [5.41, 5.74) is -1.97. The van der Waals surface area contributed by atoms with Crippen molar-refractivity contribution in [2.75, 3.05) is 0 Å². The van der Waals surface area contributed by atoms with Crippen LogP contribution in [0.5, 0.6) is 17.2 Å². The Bertz CT molecular complexity index is 1790. The summed E-state index contributed by atoms with van der Waals surface area (Å²) < 4.78 is 32.1. The van der Waals surface area contributed by atoms with Crippen molar-refractivity contribution < 1.29 is 38.4 Å². The van der Waals surface area contributed by atoms with Gasteiger partial charge in [0.05, 0.1) is 27.6 Å². The fraction of sp³-hybridized carbons (Fsp3) is 0. The van der Waals surface area contributed by atoms with Crippen molar-refractivity contribution in [3.8, 4) is 17.2 Å². The van der Waals surface area contributed by atoms with Crippen LogP contribution < -0.4 is 0 Å². The first kappa shape index (κ1) is 25.7. The molecule has 0 bridgehead atoms. The lowest BCUT2D eigenvalue weighted by atomic mass is 10.1. The summed E-state index contributed by atoms with van der Waals surface area (Å²) in [6.45, 7) is 0. The second kappa shape index (κ2) is 9.96. The first-order chi connectivity index (χ1) is 18.0. The van der Waals surface area contributed by atoms with E-state index in [1.165, 1.54) is 24.3 Å². The van der Waals surface area contributed by atoms with E-state index in [1.807, 2.05) is 0 Å². The van der Waals surface area contributed by atoms with Gasteiger partial charge >= 0.3 is 5.69 Å². The van der Waals surface area contributed by atoms with Crippen molar-refractivity contribution in [2.45, 2.75) is 4.90 Å². The van der Waals surface area contributed by atoms with Gasteiger partial charge in [0, 0.05) is 5.39 Å². The molecule has 15 nitrogen and oxygen atoms in total. The van der Waals surface area contributed by atoms with Crippen LogP contribution in [0.3, 0.4) is 0 Å². The predicted molar refractivity (Wildman–Crippen MR) is 131 cm³/mol. The molecule has 0 saturated carbocycles. The van der Waals surface area contributed by atoms with Crippen LogP contribution in [0.25, 0.3) is 10.8 Å². The molecule has 0 aromatic heterocycles. The van der Waals surface area contributed by atoms with Crippen LogP contribution >= 0.6 is 0 Å². The number of nitroso groups, excluding NO2 is 1. The number of nitrogens with zero attached hydrogens (tertiary/aromatic N) is 6. The highest BCUT2D eigenvalue weighted by atomic mass is 32.2. The number of phenols is 3. The Labute approximate surface area is 211 Å². The maximum atomic E-state index is 11.4. The van der Waals surface area contributed by atoms with Crippen molar-refractivity contribution in [3.63, 3.8) is 0 Å². The van der Waals surface area contributed by atoms with E-state index in [0.717, 1.165) is 24.3 Å². The molecule has 0 unspecified atom stereocenters. The summed E-state index contributed by atoms with van der Waals surface area (Å²) >= 11 is 0. The van der Waals surface area contributed by atoms with Crippen LogP contribution in [0.2, 0.25) is 0 Å². The molecule has 0 aliphatic carbocycles. The van der Waals surface area contributed by atoms with Gasteiger partial charge in [0.25, 0.3) is 15.0 Å². The minimum atomic E-state index is -4.42. The Kier molecular flexibility index (Phi) is 6.74. The molecule has 0 atom stereocenters. The third kappa shape index (κ3) is 5.11. The van der Waals surface area contributed by atoms with Gasteiger partial charge in [-0.2, -0.15) is 8.42 Å². The van der Waals surface area contributed by atoms with Crippen molar-refractivity contribution in [2.24, 2.45) is 25.6 Å². The first-order valence-electron chi connectivity index (χ1n) is 10.2. The summed E-state index contributed by atoms with van der Waals surface area (Å²) in [5, 5.41) is 58.6. The molecule has 4 aromatic carbocycles. The zero-order chi connectivity index (χ0) is 27.6. The summed E-state index contributed by atoms with van der Waals surface area (Å²) in [7, 11) is -4.42. The quantitative estimate of drug-likeness (QED) is 0.0773. The molecule has 0 spiro atoms. The van der Waals surface area contributed by atoms with Gasteiger partial charge in [0.15, 0.2) is 22.9 Å². The second-order valence-corrected chi connectivity index (χ2v) is 8.95. The van der Waals surface area contributed by atoms with Gasteiger partial charge < -0.3 is 15.3 Å². The van der Waals surface area contributed by atoms with Crippen molar-refractivity contribution in [1.29, 1.82) is 0 Å². The van der Waals surface area contributed by atoms with E-state index in [-0.39, 0.29) is 16.3 Å². The molecule has 0 saturated heterocycles. The number of aromatic hydroxyl groups is 3. The number of azo groups is 2. The number of hydrogen-bond donors (Lipinski definition) is 5. The Morgan fingerprint density at radius 1 is 0.737 bits per heavy atom. The molecule has 0 radical (unpaired) electrons. The van der Waals surface area contributed by atoms with Gasteiger partial charge in [-0.15, -0.1) is 25.4 Å². The average Bonchev–Trinajstić information content (AvgIpc) is 2.87. The van der Waals surface area contributed by atoms with Crippen LogP contribution in [0, 0.1) is 9.81 Å². The van der Waals surface area contributed by atoms with Gasteiger partial charge in [-0.25, -0.2) is 5.21 Å². The predicted octanol–water partition coefficient (Wildman–Crippen LogP) is 6.23. The Morgan fingerprint density at radius 3 is 2.11 bits per heavy atom.